The molecule has 1 aliphatic rings. The van der Waals surface area contributed by atoms with Gasteiger partial charge in [-0.05, 0) is 12.1 Å². The zero-order chi connectivity index (χ0) is 15.0. The number of nitrogens with zero attached hydrogens (tertiary/aromatic N) is 4. The van der Waals surface area contributed by atoms with E-state index in [2.05, 4.69) is 10.1 Å². The highest BCUT2D eigenvalue weighted by Gasteiger charge is 2.35. The minimum atomic E-state index is -0.444. The summed E-state index contributed by atoms with van der Waals surface area (Å²) < 4.78 is 1.63. The number of aryl methyl sites for hydroxylation is 1. The van der Waals surface area contributed by atoms with E-state index in [0.717, 1.165) is 11.3 Å². The molecule has 2 aromatic heterocycles. The molecule has 1 aliphatic heterocycles. The fraction of sp³-hybridized carbons (Fsp3) is 0.286. The second-order valence-corrected chi connectivity index (χ2v) is 5.06. The van der Waals surface area contributed by atoms with Crippen LogP contribution in [-0.4, -0.2) is 33.1 Å². The van der Waals surface area contributed by atoms with E-state index in [9.17, 15) is 9.59 Å². The maximum absolute atomic E-state index is 12.1. The highest BCUT2D eigenvalue weighted by Crippen LogP contribution is 2.28. The van der Waals surface area contributed by atoms with Gasteiger partial charge in [0.05, 0.1) is 11.6 Å². The van der Waals surface area contributed by atoms with Gasteiger partial charge in [-0.2, -0.15) is 5.10 Å². The third-order valence-corrected chi connectivity index (χ3v) is 3.62. The zero-order valence-electron chi connectivity index (χ0n) is 11.6. The Balaban J connectivity index is 1.92. The van der Waals surface area contributed by atoms with E-state index in [4.69, 9.17) is 5.73 Å². The third-order valence-electron chi connectivity index (χ3n) is 3.62. The van der Waals surface area contributed by atoms with Crippen LogP contribution in [0.1, 0.15) is 6.42 Å². The van der Waals surface area contributed by atoms with Crippen LogP contribution < -0.4 is 10.6 Å². The number of nitrogens with two attached hydrogens (primary N) is 1. The average Bonchev–Trinajstić information content (AvgIpc) is 3.03. The Labute approximate surface area is 121 Å². The molecule has 2 N–H and O–H groups in total. The van der Waals surface area contributed by atoms with Crippen LogP contribution in [0.25, 0.3) is 11.3 Å². The Kier molecular flexibility index (Phi) is 3.17. The normalized spacial score (nSPS) is 18.2. The largest absolute Gasteiger partial charge is 0.369 e. The van der Waals surface area contributed by atoms with E-state index in [1.165, 1.54) is 0 Å². The van der Waals surface area contributed by atoms with Crippen LogP contribution in [0.15, 0.2) is 30.6 Å². The molecule has 0 radical (unpaired) electrons. The Hall–Kier alpha value is -2.70. The lowest BCUT2D eigenvalue weighted by molar-refractivity contribution is -0.123. The summed E-state index contributed by atoms with van der Waals surface area (Å²) in [5.41, 5.74) is 6.89. The molecule has 3 rings (SSSR count). The van der Waals surface area contributed by atoms with Gasteiger partial charge in [0.2, 0.25) is 11.8 Å². The SMILES string of the molecule is Cn1nc(-c2cccnc2)cc1N1CC(C(N)=O)CC1=O. The third kappa shape index (κ3) is 2.37. The van der Waals surface area contributed by atoms with Gasteiger partial charge in [-0.1, -0.05) is 0 Å². The topological polar surface area (TPSA) is 94.1 Å². The number of hydrogen-bond acceptors (Lipinski definition) is 4. The van der Waals surface area contributed by atoms with Crippen LogP contribution in [0.4, 0.5) is 5.82 Å². The van der Waals surface area contributed by atoms with Gasteiger partial charge in [-0.3, -0.25) is 24.2 Å². The van der Waals surface area contributed by atoms with E-state index in [-0.39, 0.29) is 12.3 Å². The van der Waals surface area contributed by atoms with Crippen LogP contribution >= 0.6 is 0 Å². The number of anilines is 1. The molecule has 0 saturated carbocycles. The highest BCUT2D eigenvalue weighted by atomic mass is 16.2. The van der Waals surface area contributed by atoms with E-state index in [1.54, 1.807) is 29.0 Å². The molecule has 108 valence electrons. The summed E-state index contributed by atoms with van der Waals surface area (Å²) in [5.74, 6) is -0.336. The molecule has 0 aromatic carbocycles. The van der Waals surface area contributed by atoms with Crippen molar-refractivity contribution in [3.8, 4) is 11.3 Å². The van der Waals surface area contributed by atoms with Crippen molar-refractivity contribution in [1.29, 1.82) is 0 Å². The fourth-order valence-corrected chi connectivity index (χ4v) is 2.48. The first-order chi connectivity index (χ1) is 10.1. The number of primary amides is 1. The van der Waals surface area contributed by atoms with Crippen molar-refractivity contribution in [2.24, 2.45) is 18.7 Å². The van der Waals surface area contributed by atoms with E-state index in [1.807, 2.05) is 18.2 Å². The number of hydrogen-bond donors (Lipinski definition) is 1. The Morgan fingerprint density at radius 2 is 2.29 bits per heavy atom. The maximum Gasteiger partial charge on any atom is 0.229 e. The number of rotatable bonds is 3. The van der Waals surface area contributed by atoms with Crippen molar-refractivity contribution >= 4 is 17.6 Å². The first-order valence-electron chi connectivity index (χ1n) is 6.60. The minimum Gasteiger partial charge on any atom is -0.369 e. The van der Waals surface area contributed by atoms with Gasteiger partial charge >= 0.3 is 0 Å². The van der Waals surface area contributed by atoms with Gasteiger partial charge in [0.15, 0.2) is 0 Å². The lowest BCUT2D eigenvalue weighted by Crippen LogP contribution is -2.29. The van der Waals surface area contributed by atoms with Crippen LogP contribution in [0.5, 0.6) is 0 Å². The first-order valence-corrected chi connectivity index (χ1v) is 6.60. The Morgan fingerprint density at radius 1 is 1.48 bits per heavy atom. The molecular formula is C14H15N5O2. The standard InChI is InChI=1S/C14H15N5O2/c1-18-12(19-8-10(14(15)21)5-13(19)20)6-11(17-18)9-3-2-4-16-7-9/h2-4,6-7,10H,5,8H2,1H3,(H2,15,21). The zero-order valence-corrected chi connectivity index (χ0v) is 11.6. The summed E-state index contributed by atoms with van der Waals surface area (Å²) >= 11 is 0. The molecule has 1 fully saturated rings. The molecule has 0 bridgehead atoms. The predicted octanol–water partition coefficient (Wildman–Crippen LogP) is 0.320. The molecule has 1 saturated heterocycles. The van der Waals surface area contributed by atoms with Gasteiger partial charge in [-0.15, -0.1) is 0 Å². The van der Waals surface area contributed by atoms with Crippen molar-refractivity contribution in [3.63, 3.8) is 0 Å². The summed E-state index contributed by atoms with van der Waals surface area (Å²) in [7, 11) is 1.76. The summed E-state index contributed by atoms with van der Waals surface area (Å²) in [6, 6.07) is 5.54. The number of aromatic nitrogens is 3. The minimum absolute atomic E-state index is 0.112. The summed E-state index contributed by atoms with van der Waals surface area (Å²) in [4.78, 5) is 28.9. The lowest BCUT2D eigenvalue weighted by atomic mass is 10.1. The molecule has 1 atom stereocenters. The van der Waals surface area contributed by atoms with Crippen LogP contribution in [-0.2, 0) is 16.6 Å². The summed E-state index contributed by atoms with van der Waals surface area (Å²) in [6.45, 7) is 0.306. The molecule has 0 spiro atoms. The monoisotopic (exact) mass is 285 g/mol. The molecule has 7 heteroatoms. The summed E-state index contributed by atoms with van der Waals surface area (Å²) in [5, 5.41) is 4.40. The molecule has 3 heterocycles. The van der Waals surface area contributed by atoms with E-state index < -0.39 is 11.8 Å². The fourth-order valence-electron chi connectivity index (χ4n) is 2.48. The van der Waals surface area contributed by atoms with Gasteiger partial charge < -0.3 is 5.73 Å². The molecular weight excluding hydrogens is 270 g/mol. The maximum atomic E-state index is 12.1. The number of pyridine rings is 1. The molecule has 7 nitrogen and oxygen atoms in total. The van der Waals surface area contributed by atoms with Crippen LogP contribution in [0.3, 0.4) is 0 Å². The van der Waals surface area contributed by atoms with Gasteiger partial charge in [0.25, 0.3) is 0 Å². The van der Waals surface area contributed by atoms with Crippen LogP contribution in [0.2, 0.25) is 0 Å². The quantitative estimate of drug-likeness (QED) is 0.878. The van der Waals surface area contributed by atoms with Gasteiger partial charge in [0.1, 0.15) is 5.82 Å². The van der Waals surface area contributed by atoms with Crippen molar-refractivity contribution in [3.05, 3.63) is 30.6 Å². The molecule has 1 unspecified atom stereocenters. The van der Waals surface area contributed by atoms with Crippen LogP contribution in [0, 0.1) is 5.92 Å². The van der Waals surface area contributed by atoms with Gasteiger partial charge in [-0.25, -0.2) is 0 Å². The Morgan fingerprint density at radius 3 is 2.90 bits per heavy atom. The smallest absolute Gasteiger partial charge is 0.229 e. The summed E-state index contributed by atoms with van der Waals surface area (Å²) in [6.07, 6.45) is 3.56. The highest BCUT2D eigenvalue weighted by molar-refractivity contribution is 5.99. The van der Waals surface area contributed by atoms with Crippen molar-refractivity contribution in [2.75, 3.05) is 11.4 Å². The Bertz CT molecular complexity index is 695. The number of amides is 2. The predicted molar refractivity (Wildman–Crippen MR) is 76.1 cm³/mol. The first kappa shape index (κ1) is 13.3. The second kappa shape index (κ2) is 5.01. The second-order valence-electron chi connectivity index (χ2n) is 5.06. The molecule has 21 heavy (non-hydrogen) atoms. The van der Waals surface area contributed by atoms with E-state index >= 15 is 0 Å². The molecule has 2 aromatic rings. The number of carbonyl (C=O) groups is 2. The lowest BCUT2D eigenvalue weighted by Gasteiger charge is -2.15. The van der Waals surface area contributed by atoms with Gasteiger partial charge in [0, 0.05) is 44.0 Å². The molecule has 2 amide bonds. The van der Waals surface area contributed by atoms with E-state index in [0.29, 0.717) is 12.4 Å². The van der Waals surface area contributed by atoms with Crippen molar-refractivity contribution in [1.82, 2.24) is 14.8 Å². The average molecular weight is 285 g/mol. The molecule has 0 aliphatic carbocycles. The van der Waals surface area contributed by atoms with Crippen molar-refractivity contribution in [2.45, 2.75) is 6.42 Å². The van der Waals surface area contributed by atoms with Crippen molar-refractivity contribution < 1.29 is 9.59 Å². The number of carbonyl (C=O) groups excluding carboxylic acids is 2.